The minimum atomic E-state index is 0.155. The van der Waals surface area contributed by atoms with Gasteiger partial charge in [-0.05, 0) is 24.3 Å². The Bertz CT molecular complexity index is 663. The normalized spacial score (nSPS) is 21.9. The molecule has 2 aliphatic rings. The molecule has 1 saturated heterocycles. The summed E-state index contributed by atoms with van der Waals surface area (Å²) in [4.78, 5) is 2.46. The van der Waals surface area contributed by atoms with Gasteiger partial charge in [0.15, 0.2) is 0 Å². The predicted molar refractivity (Wildman–Crippen MR) is 94.3 cm³/mol. The van der Waals surface area contributed by atoms with Gasteiger partial charge in [-0.15, -0.1) is 0 Å². The van der Waals surface area contributed by atoms with Crippen LogP contribution in [0.2, 0.25) is 0 Å². The Kier molecular flexibility index (Phi) is 4.62. The van der Waals surface area contributed by atoms with Crippen molar-refractivity contribution in [3.8, 4) is 0 Å². The maximum atomic E-state index is 5.67. The molecular weight excluding hydrogens is 302 g/mol. The van der Waals surface area contributed by atoms with Crippen molar-refractivity contribution in [3.05, 3.63) is 54.5 Å². The number of hydrogen-bond acceptors (Lipinski definition) is 5. The number of ether oxygens (including phenoxy) is 1. The van der Waals surface area contributed by atoms with Gasteiger partial charge in [0.2, 0.25) is 0 Å². The van der Waals surface area contributed by atoms with Gasteiger partial charge in [-0.3, -0.25) is 9.91 Å². The second-order valence-electron chi connectivity index (χ2n) is 6.29. The van der Waals surface area contributed by atoms with Crippen LogP contribution in [0, 0.1) is 0 Å². The van der Waals surface area contributed by atoms with Crippen molar-refractivity contribution in [2.75, 3.05) is 37.9 Å². The quantitative estimate of drug-likeness (QED) is 0.846. The van der Waals surface area contributed by atoms with Gasteiger partial charge in [0, 0.05) is 38.2 Å². The molecule has 0 saturated carbocycles. The smallest absolute Gasteiger partial charge is 0.128 e. The van der Waals surface area contributed by atoms with Crippen molar-refractivity contribution < 1.29 is 9.15 Å². The van der Waals surface area contributed by atoms with Gasteiger partial charge in [-0.1, -0.05) is 18.2 Å². The lowest BCUT2D eigenvalue weighted by Gasteiger charge is -2.26. The predicted octanol–water partition coefficient (Wildman–Crippen LogP) is 3.31. The van der Waals surface area contributed by atoms with Crippen molar-refractivity contribution >= 4 is 11.4 Å². The number of morpholine rings is 1. The van der Waals surface area contributed by atoms with E-state index >= 15 is 0 Å². The lowest BCUT2D eigenvalue weighted by Crippen LogP contribution is -2.37. The van der Waals surface area contributed by atoms with E-state index in [1.807, 2.05) is 18.2 Å². The molecule has 4 rings (SSSR count). The Morgan fingerprint density at radius 3 is 2.62 bits per heavy atom. The second kappa shape index (κ2) is 7.20. The summed E-state index contributed by atoms with van der Waals surface area (Å²) in [7, 11) is 0. The van der Waals surface area contributed by atoms with Crippen LogP contribution in [0.15, 0.2) is 58.2 Å². The van der Waals surface area contributed by atoms with Gasteiger partial charge in [-0.2, -0.15) is 5.10 Å². The topological polar surface area (TPSA) is 41.2 Å². The third-order valence-electron chi connectivity index (χ3n) is 4.69. The zero-order valence-corrected chi connectivity index (χ0v) is 13.8. The van der Waals surface area contributed by atoms with Crippen molar-refractivity contribution in [2.24, 2.45) is 5.10 Å². The van der Waals surface area contributed by atoms with E-state index in [2.05, 4.69) is 34.2 Å². The number of hydrogen-bond donors (Lipinski definition) is 0. The fraction of sp³-hybridized carbons (Fsp3) is 0.421. The molecule has 2 aromatic rings. The van der Waals surface area contributed by atoms with Crippen LogP contribution in [0.1, 0.15) is 24.6 Å². The lowest BCUT2D eigenvalue weighted by atomic mass is 10.1. The van der Waals surface area contributed by atoms with Crippen LogP contribution in [-0.4, -0.2) is 43.5 Å². The van der Waals surface area contributed by atoms with Crippen molar-refractivity contribution in [1.29, 1.82) is 0 Å². The van der Waals surface area contributed by atoms with Crippen LogP contribution in [0.25, 0.3) is 0 Å². The van der Waals surface area contributed by atoms with Gasteiger partial charge in [0.05, 0.1) is 25.2 Å². The average Bonchev–Trinajstić information content (AvgIpc) is 3.31. The van der Waals surface area contributed by atoms with Crippen LogP contribution >= 0.6 is 0 Å². The first-order chi connectivity index (χ1) is 11.9. The molecule has 0 aliphatic carbocycles. The van der Waals surface area contributed by atoms with Gasteiger partial charge in [0.1, 0.15) is 11.8 Å². The van der Waals surface area contributed by atoms with Crippen molar-refractivity contribution in [2.45, 2.75) is 18.9 Å². The highest BCUT2D eigenvalue weighted by Crippen LogP contribution is 2.35. The van der Waals surface area contributed by atoms with Crippen LogP contribution in [0.4, 0.5) is 5.69 Å². The lowest BCUT2D eigenvalue weighted by molar-refractivity contribution is 0.0392. The van der Waals surface area contributed by atoms with E-state index in [4.69, 9.17) is 14.3 Å². The maximum Gasteiger partial charge on any atom is 0.128 e. The molecular formula is C19H23N3O2. The van der Waals surface area contributed by atoms with Crippen LogP contribution in [-0.2, 0) is 4.74 Å². The summed E-state index contributed by atoms with van der Waals surface area (Å²) in [5.41, 5.74) is 2.35. The first-order valence-corrected chi connectivity index (χ1v) is 8.64. The highest BCUT2D eigenvalue weighted by molar-refractivity contribution is 5.89. The second-order valence-corrected chi connectivity index (χ2v) is 6.29. The van der Waals surface area contributed by atoms with Gasteiger partial charge >= 0.3 is 0 Å². The van der Waals surface area contributed by atoms with E-state index in [0.717, 1.165) is 57.1 Å². The molecule has 1 aromatic heterocycles. The summed E-state index contributed by atoms with van der Waals surface area (Å²) >= 11 is 0. The monoisotopic (exact) mass is 325 g/mol. The molecule has 126 valence electrons. The highest BCUT2D eigenvalue weighted by atomic mass is 16.5. The van der Waals surface area contributed by atoms with E-state index in [1.165, 1.54) is 5.71 Å². The summed E-state index contributed by atoms with van der Waals surface area (Å²) in [5.74, 6) is 0.976. The summed E-state index contributed by atoms with van der Waals surface area (Å²) < 4.78 is 11.1. The molecule has 0 bridgehead atoms. The largest absolute Gasteiger partial charge is 0.467 e. The van der Waals surface area contributed by atoms with Crippen molar-refractivity contribution in [1.82, 2.24) is 4.90 Å². The molecule has 2 aliphatic heterocycles. The molecule has 3 heterocycles. The van der Waals surface area contributed by atoms with E-state index in [1.54, 1.807) is 6.26 Å². The van der Waals surface area contributed by atoms with Gasteiger partial charge in [-0.25, -0.2) is 0 Å². The average molecular weight is 325 g/mol. The maximum absolute atomic E-state index is 5.67. The summed E-state index contributed by atoms with van der Waals surface area (Å²) in [5, 5.41) is 7.02. The molecule has 1 unspecified atom stereocenters. The zero-order chi connectivity index (χ0) is 16.2. The molecule has 0 spiro atoms. The standard InChI is InChI=1S/C19H23N3O2/c1-2-5-17(6-3-1)22-18(19-7-4-12-24-19)15-16(20-22)8-9-21-10-13-23-14-11-21/h1-7,12,18H,8-11,13-15H2. The molecule has 24 heavy (non-hydrogen) atoms. The van der Waals surface area contributed by atoms with Gasteiger partial charge < -0.3 is 9.15 Å². The SMILES string of the molecule is c1ccc(N2N=C(CCN3CCOCC3)CC2c2ccco2)cc1. The molecule has 5 heteroatoms. The fourth-order valence-corrected chi connectivity index (χ4v) is 3.36. The van der Waals surface area contributed by atoms with Gasteiger partial charge in [0.25, 0.3) is 0 Å². The van der Waals surface area contributed by atoms with E-state index in [9.17, 15) is 0 Å². The third-order valence-corrected chi connectivity index (χ3v) is 4.69. The molecule has 0 radical (unpaired) electrons. The fourth-order valence-electron chi connectivity index (χ4n) is 3.36. The number of nitrogens with zero attached hydrogens (tertiary/aromatic N) is 3. The first-order valence-electron chi connectivity index (χ1n) is 8.64. The number of hydrazone groups is 1. The van der Waals surface area contributed by atoms with Crippen LogP contribution in [0.3, 0.4) is 0 Å². The highest BCUT2D eigenvalue weighted by Gasteiger charge is 2.31. The minimum absolute atomic E-state index is 0.155. The van der Waals surface area contributed by atoms with E-state index < -0.39 is 0 Å². The molecule has 5 nitrogen and oxygen atoms in total. The summed E-state index contributed by atoms with van der Waals surface area (Å²) in [6, 6.07) is 14.5. The zero-order valence-electron chi connectivity index (χ0n) is 13.8. The molecule has 1 fully saturated rings. The summed E-state index contributed by atoms with van der Waals surface area (Å²) in [6.45, 7) is 4.79. The van der Waals surface area contributed by atoms with E-state index in [0.29, 0.717) is 0 Å². The number of para-hydroxylation sites is 1. The van der Waals surface area contributed by atoms with Crippen LogP contribution in [0.5, 0.6) is 0 Å². The molecule has 1 atom stereocenters. The number of rotatable bonds is 5. The number of benzene rings is 1. The number of furan rings is 1. The Hall–Kier alpha value is -2.11. The minimum Gasteiger partial charge on any atom is -0.467 e. The third kappa shape index (κ3) is 3.37. The Morgan fingerprint density at radius 1 is 1.04 bits per heavy atom. The Balaban J connectivity index is 1.48. The number of anilines is 1. The van der Waals surface area contributed by atoms with Crippen LogP contribution < -0.4 is 5.01 Å². The first kappa shape index (κ1) is 15.4. The molecule has 0 amide bonds. The van der Waals surface area contributed by atoms with E-state index in [-0.39, 0.29) is 6.04 Å². The Morgan fingerprint density at radius 2 is 1.88 bits per heavy atom. The Labute approximate surface area is 142 Å². The van der Waals surface area contributed by atoms with Crippen molar-refractivity contribution in [3.63, 3.8) is 0 Å². The summed E-state index contributed by atoms with van der Waals surface area (Å²) in [6.07, 6.45) is 3.66. The molecule has 1 aromatic carbocycles. The molecule has 0 N–H and O–H groups in total.